The Morgan fingerprint density at radius 2 is 2.00 bits per heavy atom. The molecule has 0 aliphatic carbocycles. The number of rotatable bonds is 9. The number of hydrogen-bond acceptors (Lipinski definition) is 5. The smallest absolute Gasteiger partial charge is 0.256 e. The summed E-state index contributed by atoms with van der Waals surface area (Å²) >= 11 is 0. The number of carbonyl (C=O) groups excluding carboxylic acids is 4. The molecular weight excluding hydrogens is 338 g/mol. The minimum atomic E-state index is -0.606. The molecule has 2 aliphatic rings. The van der Waals surface area contributed by atoms with Gasteiger partial charge in [0.1, 0.15) is 6.04 Å². The maximum absolute atomic E-state index is 12.6. The zero-order valence-corrected chi connectivity index (χ0v) is 15.4. The van der Waals surface area contributed by atoms with E-state index in [1.54, 1.807) is 4.90 Å². The summed E-state index contributed by atoms with van der Waals surface area (Å²) in [4.78, 5) is 49.4. The number of amides is 4. The number of carbonyl (C=O) groups is 4. The van der Waals surface area contributed by atoms with Gasteiger partial charge >= 0.3 is 0 Å². The molecule has 2 fully saturated rings. The summed E-state index contributed by atoms with van der Waals surface area (Å²) in [6.45, 7) is 5.41. The number of nitrogens with one attached hydrogen (secondary N) is 3. The monoisotopic (exact) mass is 367 g/mol. The van der Waals surface area contributed by atoms with Crippen molar-refractivity contribution in [2.75, 3.05) is 19.6 Å². The Balaban J connectivity index is 1.93. The van der Waals surface area contributed by atoms with E-state index in [0.29, 0.717) is 32.5 Å². The molecule has 5 N–H and O–H groups in total. The zero-order valence-electron chi connectivity index (χ0n) is 15.4. The van der Waals surface area contributed by atoms with Crippen LogP contribution in [0.3, 0.4) is 0 Å². The lowest BCUT2D eigenvalue weighted by molar-refractivity contribution is -0.141. The van der Waals surface area contributed by atoms with Crippen molar-refractivity contribution in [1.29, 1.82) is 0 Å². The third-order valence-corrected chi connectivity index (χ3v) is 4.89. The molecule has 0 bridgehead atoms. The van der Waals surface area contributed by atoms with E-state index in [2.05, 4.69) is 16.2 Å². The first-order valence-electron chi connectivity index (χ1n) is 9.18. The van der Waals surface area contributed by atoms with Crippen LogP contribution in [0.1, 0.15) is 39.5 Å². The third-order valence-electron chi connectivity index (χ3n) is 4.89. The molecule has 9 nitrogen and oxygen atoms in total. The molecule has 2 rings (SSSR count). The van der Waals surface area contributed by atoms with Crippen LogP contribution in [-0.4, -0.2) is 54.2 Å². The fourth-order valence-electron chi connectivity index (χ4n) is 3.51. The lowest BCUT2D eigenvalue weighted by Crippen LogP contribution is -2.53. The van der Waals surface area contributed by atoms with Crippen molar-refractivity contribution in [1.82, 2.24) is 21.1 Å². The van der Waals surface area contributed by atoms with Crippen LogP contribution in [0.2, 0.25) is 0 Å². The maximum atomic E-state index is 12.6. The van der Waals surface area contributed by atoms with Gasteiger partial charge in [0.2, 0.25) is 17.7 Å². The number of nitrogens with zero attached hydrogens (tertiary/aromatic N) is 1. The molecule has 26 heavy (non-hydrogen) atoms. The van der Waals surface area contributed by atoms with Crippen LogP contribution in [0.4, 0.5) is 0 Å². The number of hydrogen-bond donors (Lipinski definition) is 4. The summed E-state index contributed by atoms with van der Waals surface area (Å²) in [6, 6.07) is -0.606. The second kappa shape index (κ2) is 8.98. The van der Waals surface area contributed by atoms with Crippen LogP contribution in [0.5, 0.6) is 0 Å². The molecular formula is C17H29N5O4. The molecule has 4 amide bonds. The molecule has 2 aliphatic heterocycles. The Bertz CT molecular complexity index is 565. The van der Waals surface area contributed by atoms with Gasteiger partial charge < -0.3 is 16.0 Å². The van der Waals surface area contributed by atoms with Crippen molar-refractivity contribution >= 4 is 23.6 Å². The molecule has 2 saturated heterocycles. The second-order valence-electron chi connectivity index (χ2n) is 7.48. The molecule has 0 aromatic heterocycles. The normalized spacial score (nSPS) is 24.0. The van der Waals surface area contributed by atoms with Crippen molar-refractivity contribution in [3.8, 4) is 0 Å². The molecule has 3 atom stereocenters. The first kappa shape index (κ1) is 20.2. The average Bonchev–Trinajstić information content (AvgIpc) is 3.11. The topological polar surface area (TPSA) is 134 Å². The molecule has 2 heterocycles. The quantitative estimate of drug-likeness (QED) is 0.383. The van der Waals surface area contributed by atoms with Gasteiger partial charge in [0.25, 0.3) is 5.91 Å². The van der Waals surface area contributed by atoms with Crippen LogP contribution in [0, 0.1) is 17.8 Å². The Labute approximate surface area is 153 Å². The maximum Gasteiger partial charge on any atom is 0.256 e. The van der Waals surface area contributed by atoms with Gasteiger partial charge in [0, 0.05) is 32.0 Å². The van der Waals surface area contributed by atoms with Gasteiger partial charge in [-0.1, -0.05) is 13.8 Å². The number of hydrazine groups is 1. The summed E-state index contributed by atoms with van der Waals surface area (Å²) in [5, 5.41) is 2.75. The van der Waals surface area contributed by atoms with Crippen LogP contribution in [0.15, 0.2) is 0 Å². The van der Waals surface area contributed by atoms with Gasteiger partial charge in [0.05, 0.1) is 5.92 Å². The first-order valence-corrected chi connectivity index (χ1v) is 9.18. The largest absolute Gasteiger partial charge is 0.370 e. The molecule has 0 radical (unpaired) electrons. The van der Waals surface area contributed by atoms with Crippen molar-refractivity contribution in [3.05, 3.63) is 0 Å². The minimum absolute atomic E-state index is 0.0143. The second-order valence-corrected chi connectivity index (χ2v) is 7.48. The lowest BCUT2D eigenvalue weighted by Gasteiger charge is -2.29. The molecule has 0 saturated carbocycles. The molecule has 0 unspecified atom stereocenters. The summed E-state index contributed by atoms with van der Waals surface area (Å²) in [5.41, 5.74) is 10.7. The highest BCUT2D eigenvalue weighted by molar-refractivity contribution is 5.91. The highest BCUT2D eigenvalue weighted by Gasteiger charge is 2.39. The predicted octanol–water partition coefficient (Wildman–Crippen LogP) is -1.12. The van der Waals surface area contributed by atoms with Gasteiger partial charge in [-0.15, -0.1) is 0 Å². The number of primary amides is 1. The van der Waals surface area contributed by atoms with Crippen molar-refractivity contribution < 1.29 is 19.2 Å². The van der Waals surface area contributed by atoms with Crippen molar-refractivity contribution in [3.63, 3.8) is 0 Å². The number of nitrogens with two attached hydrogens (primary N) is 1. The van der Waals surface area contributed by atoms with Gasteiger partial charge in [0.15, 0.2) is 0 Å². The van der Waals surface area contributed by atoms with Crippen LogP contribution in [-0.2, 0) is 19.2 Å². The Kier molecular flexibility index (Phi) is 6.96. The predicted molar refractivity (Wildman–Crippen MR) is 94.1 cm³/mol. The molecule has 0 spiro atoms. The Morgan fingerprint density at radius 3 is 2.58 bits per heavy atom. The zero-order chi connectivity index (χ0) is 19.3. The van der Waals surface area contributed by atoms with E-state index in [4.69, 9.17) is 5.73 Å². The summed E-state index contributed by atoms with van der Waals surface area (Å²) < 4.78 is 0. The van der Waals surface area contributed by atoms with Crippen molar-refractivity contribution in [2.24, 2.45) is 23.5 Å². The number of likely N-dealkylation sites (tertiary alicyclic amines) is 1. The van der Waals surface area contributed by atoms with E-state index in [0.717, 1.165) is 6.42 Å². The molecule has 9 heteroatoms. The van der Waals surface area contributed by atoms with Gasteiger partial charge in [-0.05, 0) is 25.2 Å². The van der Waals surface area contributed by atoms with Gasteiger partial charge in [-0.3, -0.25) is 24.6 Å². The lowest BCUT2D eigenvalue weighted by atomic mass is 10.0. The van der Waals surface area contributed by atoms with E-state index in [9.17, 15) is 19.2 Å². The van der Waals surface area contributed by atoms with E-state index in [-0.39, 0.29) is 36.0 Å². The fraction of sp³-hybridized carbons (Fsp3) is 0.765. The van der Waals surface area contributed by atoms with E-state index in [1.807, 2.05) is 13.8 Å². The van der Waals surface area contributed by atoms with Crippen LogP contribution >= 0.6 is 0 Å². The van der Waals surface area contributed by atoms with E-state index < -0.39 is 17.9 Å². The highest BCUT2D eigenvalue weighted by Crippen LogP contribution is 2.25. The minimum Gasteiger partial charge on any atom is -0.370 e. The van der Waals surface area contributed by atoms with Crippen LogP contribution < -0.4 is 21.9 Å². The fourth-order valence-corrected chi connectivity index (χ4v) is 3.51. The van der Waals surface area contributed by atoms with E-state index >= 15 is 0 Å². The van der Waals surface area contributed by atoms with Crippen molar-refractivity contribution in [2.45, 2.75) is 45.6 Å². The van der Waals surface area contributed by atoms with Gasteiger partial charge in [-0.25, -0.2) is 5.43 Å². The SMILES string of the molecule is CC(C)C[C@@H](C(=O)NNC[C@@H]1CCNC1=O)N1CC[C@@H](CC(N)=O)C1=O. The molecule has 0 aromatic carbocycles. The van der Waals surface area contributed by atoms with Gasteiger partial charge in [-0.2, -0.15) is 0 Å². The Morgan fingerprint density at radius 1 is 1.27 bits per heavy atom. The summed E-state index contributed by atoms with van der Waals surface area (Å²) in [7, 11) is 0. The highest BCUT2D eigenvalue weighted by atomic mass is 16.2. The van der Waals surface area contributed by atoms with Crippen LogP contribution in [0.25, 0.3) is 0 Å². The molecule has 146 valence electrons. The summed E-state index contributed by atoms with van der Waals surface area (Å²) in [6.07, 6.45) is 1.79. The first-order chi connectivity index (χ1) is 12.3. The Hall–Kier alpha value is -2.16. The summed E-state index contributed by atoms with van der Waals surface area (Å²) in [5.74, 6) is -1.40. The third kappa shape index (κ3) is 5.17. The standard InChI is InChI=1S/C17H29N5O4/c1-10(2)7-13(22-6-4-11(17(22)26)8-14(18)23)16(25)21-20-9-12-3-5-19-15(12)24/h10-13,20H,3-9H2,1-2H3,(H2,18,23)(H,19,24)(H,21,25)/t11-,12-,13-/m0/s1. The molecule has 0 aromatic rings. The average molecular weight is 367 g/mol. The van der Waals surface area contributed by atoms with E-state index in [1.165, 1.54) is 0 Å².